The van der Waals surface area contributed by atoms with Crippen molar-refractivity contribution in [1.82, 2.24) is 0 Å². The van der Waals surface area contributed by atoms with Crippen LogP contribution in [0.15, 0.2) is 9.79 Å². The maximum atomic E-state index is 13.5. The molecule has 102 valence electrons. The highest BCUT2D eigenvalue weighted by Crippen LogP contribution is 2.35. The molecule has 1 aromatic carbocycles. The van der Waals surface area contributed by atoms with E-state index < -0.39 is 33.1 Å². The van der Waals surface area contributed by atoms with Gasteiger partial charge < -0.3 is 10.2 Å². The Bertz CT molecular complexity index is 361. The van der Waals surface area contributed by atoms with E-state index in [1.165, 1.54) is 0 Å². The van der Waals surface area contributed by atoms with Crippen LogP contribution in [0.2, 0.25) is 0 Å². The number of hydrogen-bond donors (Lipinski definition) is 2. The molecule has 0 unspecified atom stereocenters. The first kappa shape index (κ1) is 15.6. The SMILES string of the molecule is OCCSc1c(F)c(F)c(SCCO)c(F)c1F. The highest BCUT2D eigenvalue weighted by molar-refractivity contribution is 7.99. The summed E-state index contributed by atoms with van der Waals surface area (Å²) in [6.45, 7) is -0.735. The summed E-state index contributed by atoms with van der Waals surface area (Å²) in [5.74, 6) is -6.06. The molecule has 0 saturated heterocycles. The first-order valence-electron chi connectivity index (χ1n) is 4.87. The molecule has 0 atom stereocenters. The normalized spacial score (nSPS) is 11.0. The van der Waals surface area contributed by atoms with Crippen LogP contribution in [-0.4, -0.2) is 34.9 Å². The maximum absolute atomic E-state index is 13.5. The number of rotatable bonds is 6. The van der Waals surface area contributed by atoms with Crippen LogP contribution in [0.25, 0.3) is 0 Å². The van der Waals surface area contributed by atoms with Gasteiger partial charge in [-0.15, -0.1) is 23.5 Å². The molecule has 1 aromatic rings. The molecular formula is C10H10F4O2S2. The van der Waals surface area contributed by atoms with Crippen molar-refractivity contribution in [3.8, 4) is 0 Å². The van der Waals surface area contributed by atoms with Crippen LogP contribution < -0.4 is 0 Å². The molecule has 0 bridgehead atoms. The third-order valence-corrected chi connectivity index (χ3v) is 3.93. The van der Waals surface area contributed by atoms with Crippen molar-refractivity contribution in [1.29, 1.82) is 0 Å². The summed E-state index contributed by atoms with van der Waals surface area (Å²) in [6, 6.07) is 0. The lowest BCUT2D eigenvalue weighted by molar-refractivity contribution is 0.321. The Balaban J connectivity index is 3.18. The topological polar surface area (TPSA) is 40.5 Å². The molecule has 0 radical (unpaired) electrons. The van der Waals surface area contributed by atoms with Gasteiger partial charge in [0.1, 0.15) is 0 Å². The van der Waals surface area contributed by atoms with Gasteiger partial charge in [0, 0.05) is 11.5 Å². The molecule has 0 amide bonds. The van der Waals surface area contributed by atoms with Crippen molar-refractivity contribution in [3.63, 3.8) is 0 Å². The van der Waals surface area contributed by atoms with Crippen molar-refractivity contribution < 1.29 is 27.8 Å². The molecule has 0 aromatic heterocycles. The largest absolute Gasteiger partial charge is 0.396 e. The van der Waals surface area contributed by atoms with E-state index in [0.717, 1.165) is 0 Å². The highest BCUT2D eigenvalue weighted by atomic mass is 32.2. The summed E-state index contributed by atoms with van der Waals surface area (Å²) in [5.41, 5.74) is 0. The van der Waals surface area contributed by atoms with Gasteiger partial charge in [-0.05, 0) is 0 Å². The minimum atomic E-state index is -1.48. The molecule has 0 fully saturated rings. The van der Waals surface area contributed by atoms with Gasteiger partial charge in [-0.25, -0.2) is 17.6 Å². The Morgan fingerprint density at radius 2 is 0.944 bits per heavy atom. The Morgan fingerprint density at radius 1 is 0.667 bits per heavy atom. The quantitative estimate of drug-likeness (QED) is 0.481. The number of aliphatic hydroxyl groups is 2. The summed E-state index contributed by atoms with van der Waals surface area (Å²) in [6.07, 6.45) is 0. The van der Waals surface area contributed by atoms with E-state index in [-0.39, 0.29) is 24.7 Å². The van der Waals surface area contributed by atoms with Gasteiger partial charge in [0.2, 0.25) is 0 Å². The van der Waals surface area contributed by atoms with Crippen LogP contribution >= 0.6 is 23.5 Å². The molecule has 1 rings (SSSR count). The molecule has 0 aliphatic rings. The molecule has 0 spiro atoms. The second kappa shape index (κ2) is 7.22. The Morgan fingerprint density at radius 3 is 1.17 bits per heavy atom. The van der Waals surface area contributed by atoms with E-state index in [1.54, 1.807) is 0 Å². The van der Waals surface area contributed by atoms with Crippen molar-refractivity contribution in [2.75, 3.05) is 24.7 Å². The van der Waals surface area contributed by atoms with Crippen LogP contribution in [0.5, 0.6) is 0 Å². The predicted molar refractivity (Wildman–Crippen MR) is 61.9 cm³/mol. The van der Waals surface area contributed by atoms with E-state index in [2.05, 4.69) is 0 Å². The number of benzene rings is 1. The van der Waals surface area contributed by atoms with E-state index in [0.29, 0.717) is 23.5 Å². The van der Waals surface area contributed by atoms with Gasteiger partial charge in [0.25, 0.3) is 0 Å². The van der Waals surface area contributed by atoms with E-state index in [9.17, 15) is 17.6 Å². The number of hydrogen-bond acceptors (Lipinski definition) is 4. The number of thioether (sulfide) groups is 2. The molecule has 8 heteroatoms. The maximum Gasteiger partial charge on any atom is 0.176 e. The van der Waals surface area contributed by atoms with E-state index in [4.69, 9.17) is 10.2 Å². The van der Waals surface area contributed by atoms with Crippen LogP contribution in [0, 0.1) is 23.3 Å². The number of aliphatic hydroxyl groups excluding tert-OH is 2. The predicted octanol–water partition coefficient (Wildman–Crippen LogP) is 2.41. The molecule has 2 N–H and O–H groups in total. The molecule has 0 heterocycles. The van der Waals surface area contributed by atoms with Gasteiger partial charge >= 0.3 is 0 Å². The molecule has 0 aliphatic carbocycles. The third-order valence-electron chi connectivity index (χ3n) is 1.86. The van der Waals surface area contributed by atoms with Gasteiger partial charge in [-0.3, -0.25) is 0 Å². The Hall–Kier alpha value is -0.440. The number of halogens is 4. The summed E-state index contributed by atoms with van der Waals surface area (Å²) >= 11 is 0.992. The van der Waals surface area contributed by atoms with Gasteiger partial charge in [-0.2, -0.15) is 0 Å². The van der Waals surface area contributed by atoms with Crippen LogP contribution in [0.1, 0.15) is 0 Å². The highest BCUT2D eigenvalue weighted by Gasteiger charge is 2.25. The molecule has 18 heavy (non-hydrogen) atoms. The second-order valence-corrected chi connectivity index (χ2v) is 5.27. The summed E-state index contributed by atoms with van der Waals surface area (Å²) in [5, 5.41) is 17.1. The van der Waals surface area contributed by atoms with Crippen molar-refractivity contribution in [2.45, 2.75) is 9.79 Å². The molecular weight excluding hydrogens is 292 g/mol. The van der Waals surface area contributed by atoms with Gasteiger partial charge in [0.05, 0.1) is 23.0 Å². The smallest absolute Gasteiger partial charge is 0.176 e. The lowest BCUT2D eigenvalue weighted by atomic mass is 10.3. The van der Waals surface area contributed by atoms with Gasteiger partial charge in [0.15, 0.2) is 23.3 Å². The zero-order valence-electron chi connectivity index (χ0n) is 9.05. The third kappa shape index (κ3) is 3.31. The summed E-state index contributed by atoms with van der Waals surface area (Å²) in [4.78, 5) is -1.57. The second-order valence-electron chi connectivity index (χ2n) is 3.06. The van der Waals surface area contributed by atoms with E-state index in [1.807, 2.05) is 0 Å². The molecule has 0 saturated carbocycles. The Labute approximate surface area is 109 Å². The summed E-state index contributed by atoms with van der Waals surface area (Å²) < 4.78 is 54.0. The molecule has 2 nitrogen and oxygen atoms in total. The first-order valence-corrected chi connectivity index (χ1v) is 6.85. The van der Waals surface area contributed by atoms with Crippen molar-refractivity contribution >= 4 is 23.5 Å². The fraction of sp³-hybridized carbons (Fsp3) is 0.400. The first-order chi connectivity index (χ1) is 8.54. The summed E-state index contributed by atoms with van der Waals surface area (Å²) in [7, 11) is 0. The average molecular weight is 302 g/mol. The van der Waals surface area contributed by atoms with Gasteiger partial charge in [-0.1, -0.05) is 0 Å². The minimum Gasteiger partial charge on any atom is -0.396 e. The lowest BCUT2D eigenvalue weighted by Crippen LogP contribution is -2.03. The van der Waals surface area contributed by atoms with Crippen molar-refractivity contribution in [3.05, 3.63) is 23.3 Å². The van der Waals surface area contributed by atoms with E-state index >= 15 is 0 Å². The monoisotopic (exact) mass is 302 g/mol. The lowest BCUT2D eigenvalue weighted by Gasteiger charge is -2.10. The standard InChI is InChI=1S/C10H10F4O2S2/c11-5-7(13)10(18-4-2-16)8(14)6(12)9(5)17-3-1-15/h15-16H,1-4H2. The fourth-order valence-electron chi connectivity index (χ4n) is 1.14. The zero-order chi connectivity index (χ0) is 13.7. The zero-order valence-corrected chi connectivity index (χ0v) is 10.7. The minimum absolute atomic E-state index is 0.0736. The Kier molecular flexibility index (Phi) is 6.27. The molecule has 0 aliphatic heterocycles. The van der Waals surface area contributed by atoms with Crippen molar-refractivity contribution in [2.24, 2.45) is 0 Å². The van der Waals surface area contributed by atoms with Crippen LogP contribution in [0.3, 0.4) is 0 Å². The van der Waals surface area contributed by atoms with Crippen LogP contribution in [0.4, 0.5) is 17.6 Å². The average Bonchev–Trinajstić information content (AvgIpc) is 2.37. The fourth-order valence-corrected chi connectivity index (χ4v) is 2.60. The van der Waals surface area contributed by atoms with Crippen LogP contribution in [-0.2, 0) is 0 Å².